The van der Waals surface area contributed by atoms with Gasteiger partial charge in [0.05, 0.1) is 28.6 Å². The molecule has 2 aliphatic heterocycles. The molecule has 5 aromatic rings. The Morgan fingerprint density at radius 2 is 1.77 bits per heavy atom. The molecule has 10 nitrogen and oxygen atoms in total. The lowest BCUT2D eigenvalue weighted by atomic mass is 10.1. The third-order valence-electron chi connectivity index (χ3n) is 7.85. The van der Waals surface area contributed by atoms with E-state index in [1.54, 1.807) is 6.20 Å². The zero-order chi connectivity index (χ0) is 26.2. The quantitative estimate of drug-likeness (QED) is 0.332. The molecule has 1 aromatic carbocycles. The summed E-state index contributed by atoms with van der Waals surface area (Å²) in [6.45, 7) is 8.01. The van der Waals surface area contributed by atoms with Crippen LogP contribution >= 0.6 is 0 Å². The highest BCUT2D eigenvalue weighted by molar-refractivity contribution is 5.95. The normalized spacial score (nSPS) is 17.0. The lowest BCUT2D eigenvalue weighted by molar-refractivity contribution is 0.237. The smallest absolute Gasteiger partial charge is 0.161 e. The number of nitrogens with one attached hydrogen (secondary N) is 2. The highest BCUT2D eigenvalue weighted by atomic mass is 16.5. The number of likely N-dealkylation sites (N-methyl/N-ethyl adjacent to an activating group) is 1. The zero-order valence-corrected chi connectivity index (χ0v) is 22.2. The number of aromatic amines is 2. The molecule has 6 heterocycles. The molecule has 10 heteroatoms. The van der Waals surface area contributed by atoms with E-state index in [0.717, 1.165) is 77.5 Å². The van der Waals surface area contributed by atoms with Gasteiger partial charge < -0.3 is 19.5 Å². The predicted molar refractivity (Wildman–Crippen MR) is 153 cm³/mol. The van der Waals surface area contributed by atoms with E-state index in [4.69, 9.17) is 14.7 Å². The number of imidazole rings is 1. The van der Waals surface area contributed by atoms with Crippen molar-refractivity contribution in [2.24, 2.45) is 0 Å². The molecule has 7 rings (SSSR count). The van der Waals surface area contributed by atoms with Gasteiger partial charge in [0.1, 0.15) is 23.4 Å². The van der Waals surface area contributed by atoms with Crippen LogP contribution in [-0.2, 0) is 0 Å². The van der Waals surface area contributed by atoms with Gasteiger partial charge in [-0.3, -0.25) is 15.0 Å². The third-order valence-corrected chi connectivity index (χ3v) is 7.85. The fourth-order valence-corrected chi connectivity index (χ4v) is 5.59. The number of H-pyrrole nitrogens is 2. The van der Waals surface area contributed by atoms with Crippen LogP contribution in [0.3, 0.4) is 0 Å². The Labute approximate surface area is 227 Å². The molecule has 2 aliphatic rings. The van der Waals surface area contributed by atoms with Gasteiger partial charge in [-0.1, -0.05) is 6.07 Å². The summed E-state index contributed by atoms with van der Waals surface area (Å²) in [6, 6.07) is 12.3. The van der Waals surface area contributed by atoms with Crippen LogP contribution in [0.15, 0.2) is 48.8 Å². The van der Waals surface area contributed by atoms with E-state index in [0.29, 0.717) is 18.1 Å². The van der Waals surface area contributed by atoms with E-state index in [1.165, 1.54) is 25.9 Å². The molecule has 0 spiro atoms. The molecular formula is C29H33N9O. The van der Waals surface area contributed by atoms with Gasteiger partial charge in [-0.15, -0.1) is 0 Å². The first-order valence-electron chi connectivity index (χ1n) is 13.8. The van der Waals surface area contributed by atoms with Gasteiger partial charge in [0.2, 0.25) is 0 Å². The summed E-state index contributed by atoms with van der Waals surface area (Å²) in [6.07, 6.45) is 6.16. The number of hydrogen-bond acceptors (Lipinski definition) is 8. The van der Waals surface area contributed by atoms with Crippen molar-refractivity contribution in [3.05, 3.63) is 48.8 Å². The Morgan fingerprint density at radius 1 is 0.897 bits per heavy atom. The molecule has 200 valence electrons. The molecule has 0 bridgehead atoms. The van der Waals surface area contributed by atoms with Crippen molar-refractivity contribution in [2.75, 3.05) is 64.4 Å². The molecule has 39 heavy (non-hydrogen) atoms. The van der Waals surface area contributed by atoms with Gasteiger partial charge in [-0.05, 0) is 63.3 Å². The summed E-state index contributed by atoms with van der Waals surface area (Å²) in [5.41, 5.74) is 7.18. The predicted octanol–water partition coefficient (Wildman–Crippen LogP) is 3.79. The first kappa shape index (κ1) is 24.1. The monoisotopic (exact) mass is 523 g/mol. The minimum atomic E-state index is 0.658. The molecular weight excluding hydrogens is 490 g/mol. The molecule has 0 saturated carbocycles. The van der Waals surface area contributed by atoms with E-state index < -0.39 is 0 Å². The topological polar surface area (TPSA) is 102 Å². The number of aromatic nitrogens is 6. The van der Waals surface area contributed by atoms with Crippen LogP contribution in [-0.4, -0.2) is 99.4 Å². The van der Waals surface area contributed by atoms with Crippen molar-refractivity contribution in [1.29, 1.82) is 0 Å². The third kappa shape index (κ3) is 4.81. The van der Waals surface area contributed by atoms with Crippen LogP contribution in [0, 0.1) is 0 Å². The number of nitrogens with zero attached hydrogens (tertiary/aromatic N) is 7. The second-order valence-electron chi connectivity index (χ2n) is 10.5. The molecule has 2 fully saturated rings. The van der Waals surface area contributed by atoms with Crippen molar-refractivity contribution in [1.82, 2.24) is 39.9 Å². The van der Waals surface area contributed by atoms with E-state index in [-0.39, 0.29) is 0 Å². The number of hydrogen-bond donors (Lipinski definition) is 2. The number of anilines is 1. The summed E-state index contributed by atoms with van der Waals surface area (Å²) in [5, 5.41) is 7.72. The van der Waals surface area contributed by atoms with Gasteiger partial charge >= 0.3 is 0 Å². The molecule has 0 atom stereocenters. The summed E-state index contributed by atoms with van der Waals surface area (Å²) < 4.78 is 6.02. The number of pyridine rings is 2. The number of benzene rings is 1. The SMILES string of the molecule is CN1CCN(c2cccc3[nH]c(-c4n[nH]c5ccc(-c6cncc(OCCN7CCCC7)c6)nc45)nc23)CC1. The second kappa shape index (κ2) is 10.3. The van der Waals surface area contributed by atoms with E-state index >= 15 is 0 Å². The summed E-state index contributed by atoms with van der Waals surface area (Å²) in [7, 11) is 2.17. The molecule has 2 saturated heterocycles. The van der Waals surface area contributed by atoms with Crippen molar-refractivity contribution < 1.29 is 4.74 Å². The van der Waals surface area contributed by atoms with Crippen LogP contribution in [0.4, 0.5) is 5.69 Å². The molecule has 0 amide bonds. The van der Waals surface area contributed by atoms with Gasteiger partial charge in [0.15, 0.2) is 11.5 Å². The Morgan fingerprint density at radius 3 is 2.64 bits per heavy atom. The number of fused-ring (bicyclic) bond motifs is 2. The first-order chi connectivity index (χ1) is 19.2. The van der Waals surface area contributed by atoms with Crippen LogP contribution < -0.4 is 9.64 Å². The summed E-state index contributed by atoms with van der Waals surface area (Å²) in [4.78, 5) is 25.1. The maximum atomic E-state index is 6.02. The highest BCUT2D eigenvalue weighted by Gasteiger charge is 2.20. The number of piperazine rings is 1. The highest BCUT2D eigenvalue weighted by Crippen LogP contribution is 2.32. The minimum absolute atomic E-state index is 0.658. The summed E-state index contributed by atoms with van der Waals surface area (Å²) in [5.74, 6) is 1.47. The standard InChI is InChI=1S/C29H33N9O/c1-36-11-13-38(14-12-36)25-6-4-5-23-26(25)33-29(32-23)28-27-24(34-35-28)8-7-22(31-27)20-17-21(19-30-18-20)39-16-15-37-9-2-3-10-37/h4-8,17-19H,2-3,9-16H2,1H3,(H,32,33)(H,34,35). The van der Waals surface area contributed by atoms with Crippen LogP contribution in [0.1, 0.15) is 12.8 Å². The average molecular weight is 524 g/mol. The van der Waals surface area contributed by atoms with Crippen molar-refractivity contribution >= 4 is 27.8 Å². The number of para-hydroxylation sites is 1. The Kier molecular flexibility index (Phi) is 6.34. The van der Waals surface area contributed by atoms with Crippen LogP contribution in [0.5, 0.6) is 5.75 Å². The Hall–Kier alpha value is -4.02. The lowest BCUT2D eigenvalue weighted by Gasteiger charge is -2.34. The molecule has 0 radical (unpaired) electrons. The van der Waals surface area contributed by atoms with Crippen LogP contribution in [0.2, 0.25) is 0 Å². The molecule has 2 N–H and O–H groups in total. The van der Waals surface area contributed by atoms with Gasteiger partial charge in [0, 0.05) is 44.5 Å². The first-order valence-corrected chi connectivity index (χ1v) is 13.8. The van der Waals surface area contributed by atoms with Crippen molar-refractivity contribution in [2.45, 2.75) is 12.8 Å². The van der Waals surface area contributed by atoms with Crippen LogP contribution in [0.25, 0.3) is 44.8 Å². The number of rotatable bonds is 7. The van der Waals surface area contributed by atoms with E-state index in [1.807, 2.05) is 24.4 Å². The molecule has 0 aliphatic carbocycles. The maximum Gasteiger partial charge on any atom is 0.161 e. The van der Waals surface area contributed by atoms with Crippen molar-refractivity contribution in [3.63, 3.8) is 0 Å². The molecule has 4 aromatic heterocycles. The van der Waals surface area contributed by atoms with E-state index in [9.17, 15) is 0 Å². The van der Waals surface area contributed by atoms with Gasteiger partial charge in [-0.2, -0.15) is 5.10 Å². The fraction of sp³-hybridized carbons (Fsp3) is 0.379. The Bertz CT molecular complexity index is 1600. The fourth-order valence-electron chi connectivity index (χ4n) is 5.59. The van der Waals surface area contributed by atoms with Crippen molar-refractivity contribution in [3.8, 4) is 28.5 Å². The second-order valence-corrected chi connectivity index (χ2v) is 10.5. The lowest BCUT2D eigenvalue weighted by Crippen LogP contribution is -2.44. The molecule has 0 unspecified atom stereocenters. The number of likely N-dealkylation sites (tertiary alicyclic amines) is 1. The largest absolute Gasteiger partial charge is 0.491 e. The van der Waals surface area contributed by atoms with Gasteiger partial charge in [-0.25, -0.2) is 9.97 Å². The zero-order valence-electron chi connectivity index (χ0n) is 22.2. The summed E-state index contributed by atoms with van der Waals surface area (Å²) >= 11 is 0. The average Bonchev–Trinajstić information content (AvgIpc) is 3.73. The number of ether oxygens (including phenoxy) is 1. The Balaban J connectivity index is 1.17. The maximum absolute atomic E-state index is 6.02. The minimum Gasteiger partial charge on any atom is -0.491 e. The van der Waals surface area contributed by atoms with Gasteiger partial charge in [0.25, 0.3) is 0 Å². The van der Waals surface area contributed by atoms with E-state index in [2.05, 4.69) is 60.1 Å².